The molecule has 0 saturated carbocycles. The van der Waals surface area contributed by atoms with Crippen LogP contribution in [0, 0.1) is 0 Å². The van der Waals surface area contributed by atoms with Gasteiger partial charge in [-0.05, 0) is 49.3 Å². The van der Waals surface area contributed by atoms with E-state index < -0.39 is 0 Å². The molecule has 0 spiro atoms. The number of hydrogen-bond donors (Lipinski definition) is 2. The van der Waals surface area contributed by atoms with E-state index in [-0.39, 0.29) is 18.5 Å². The van der Waals surface area contributed by atoms with Crippen molar-refractivity contribution < 1.29 is 4.79 Å². The number of benzene rings is 1. The van der Waals surface area contributed by atoms with Crippen molar-refractivity contribution in [2.45, 2.75) is 38.6 Å². The van der Waals surface area contributed by atoms with Crippen LogP contribution in [0.5, 0.6) is 0 Å². The van der Waals surface area contributed by atoms with Gasteiger partial charge in [0.05, 0.1) is 6.54 Å². The molecule has 3 nitrogen and oxygen atoms in total. The molecular formula is C14H20N2O. The van der Waals surface area contributed by atoms with Gasteiger partial charge in [-0.25, -0.2) is 0 Å². The molecular weight excluding hydrogens is 212 g/mol. The Hall–Kier alpha value is -1.35. The fourth-order valence-corrected chi connectivity index (χ4v) is 2.39. The van der Waals surface area contributed by atoms with E-state index in [2.05, 4.69) is 30.4 Å². The number of primary amides is 1. The Morgan fingerprint density at radius 2 is 2.06 bits per heavy atom. The number of aryl methyl sites for hydroxylation is 2. The smallest absolute Gasteiger partial charge is 0.231 e. The van der Waals surface area contributed by atoms with Crippen molar-refractivity contribution in [3.05, 3.63) is 34.9 Å². The average molecular weight is 232 g/mol. The summed E-state index contributed by atoms with van der Waals surface area (Å²) >= 11 is 0. The molecule has 0 radical (unpaired) electrons. The SMILES string of the molecule is CC(NCC(N)=O)c1ccc2c(c1)CCCC2. The Morgan fingerprint density at radius 3 is 2.76 bits per heavy atom. The quantitative estimate of drug-likeness (QED) is 0.830. The molecule has 1 aliphatic rings. The molecule has 1 aromatic rings. The highest BCUT2D eigenvalue weighted by Crippen LogP contribution is 2.24. The lowest BCUT2D eigenvalue weighted by Crippen LogP contribution is -2.30. The zero-order valence-corrected chi connectivity index (χ0v) is 10.3. The molecule has 3 heteroatoms. The second kappa shape index (κ2) is 5.32. The second-order valence-corrected chi connectivity index (χ2v) is 4.80. The predicted octanol–water partition coefficient (Wildman–Crippen LogP) is 1.70. The topological polar surface area (TPSA) is 55.1 Å². The molecule has 2 rings (SSSR count). The van der Waals surface area contributed by atoms with Crippen molar-refractivity contribution in [1.29, 1.82) is 0 Å². The van der Waals surface area contributed by atoms with E-state index in [0.29, 0.717) is 0 Å². The molecule has 0 saturated heterocycles. The zero-order chi connectivity index (χ0) is 12.3. The average Bonchev–Trinajstić information content (AvgIpc) is 2.35. The van der Waals surface area contributed by atoms with E-state index in [9.17, 15) is 4.79 Å². The third kappa shape index (κ3) is 3.07. The fraction of sp³-hybridized carbons (Fsp3) is 0.500. The van der Waals surface area contributed by atoms with E-state index in [1.165, 1.54) is 42.4 Å². The van der Waals surface area contributed by atoms with E-state index in [1.54, 1.807) is 0 Å². The van der Waals surface area contributed by atoms with Crippen LogP contribution in [0.25, 0.3) is 0 Å². The number of amides is 1. The van der Waals surface area contributed by atoms with Gasteiger partial charge in [-0.15, -0.1) is 0 Å². The summed E-state index contributed by atoms with van der Waals surface area (Å²) in [6.07, 6.45) is 4.99. The molecule has 1 aromatic carbocycles. The summed E-state index contributed by atoms with van der Waals surface area (Å²) in [6, 6.07) is 6.83. The number of carbonyl (C=O) groups is 1. The van der Waals surface area contributed by atoms with Crippen molar-refractivity contribution in [2.24, 2.45) is 5.73 Å². The zero-order valence-electron chi connectivity index (χ0n) is 10.3. The Labute approximate surface area is 102 Å². The molecule has 0 fully saturated rings. The number of carbonyl (C=O) groups excluding carboxylic acids is 1. The summed E-state index contributed by atoms with van der Waals surface area (Å²) in [5, 5.41) is 3.13. The van der Waals surface area contributed by atoms with Gasteiger partial charge < -0.3 is 11.1 Å². The van der Waals surface area contributed by atoms with Gasteiger partial charge in [-0.3, -0.25) is 4.79 Å². The first-order valence-electron chi connectivity index (χ1n) is 6.30. The number of hydrogen-bond acceptors (Lipinski definition) is 2. The number of nitrogens with two attached hydrogens (primary N) is 1. The maximum atomic E-state index is 10.7. The predicted molar refractivity (Wildman–Crippen MR) is 68.7 cm³/mol. The Kier molecular flexibility index (Phi) is 3.79. The summed E-state index contributed by atoms with van der Waals surface area (Å²) in [5.74, 6) is -0.310. The van der Waals surface area contributed by atoms with Crippen molar-refractivity contribution in [2.75, 3.05) is 6.54 Å². The van der Waals surface area contributed by atoms with E-state index in [0.717, 1.165) is 0 Å². The van der Waals surface area contributed by atoms with Gasteiger partial charge in [0.15, 0.2) is 0 Å². The van der Waals surface area contributed by atoms with Gasteiger partial charge in [-0.2, -0.15) is 0 Å². The molecule has 3 N–H and O–H groups in total. The normalized spacial score (nSPS) is 16.3. The van der Waals surface area contributed by atoms with Crippen LogP contribution in [0.2, 0.25) is 0 Å². The Bertz CT molecular complexity index is 415. The maximum Gasteiger partial charge on any atom is 0.231 e. The van der Waals surface area contributed by atoms with Gasteiger partial charge in [0.2, 0.25) is 5.91 Å². The van der Waals surface area contributed by atoms with E-state index in [4.69, 9.17) is 5.73 Å². The van der Waals surface area contributed by atoms with Crippen LogP contribution in [-0.4, -0.2) is 12.5 Å². The molecule has 1 aliphatic carbocycles. The molecule has 0 aliphatic heterocycles. The molecule has 92 valence electrons. The molecule has 0 heterocycles. The first-order chi connectivity index (χ1) is 8.16. The van der Waals surface area contributed by atoms with Crippen LogP contribution >= 0.6 is 0 Å². The maximum absolute atomic E-state index is 10.7. The van der Waals surface area contributed by atoms with Gasteiger partial charge in [-0.1, -0.05) is 18.2 Å². The van der Waals surface area contributed by atoms with E-state index >= 15 is 0 Å². The number of fused-ring (bicyclic) bond motifs is 1. The van der Waals surface area contributed by atoms with Crippen molar-refractivity contribution in [3.8, 4) is 0 Å². The van der Waals surface area contributed by atoms with Crippen LogP contribution in [0.15, 0.2) is 18.2 Å². The van der Waals surface area contributed by atoms with Crippen LogP contribution < -0.4 is 11.1 Å². The highest BCUT2D eigenvalue weighted by atomic mass is 16.1. The monoisotopic (exact) mass is 232 g/mol. The fourth-order valence-electron chi connectivity index (χ4n) is 2.39. The summed E-state index contributed by atoms with van der Waals surface area (Å²) in [6.45, 7) is 2.30. The van der Waals surface area contributed by atoms with E-state index in [1.807, 2.05) is 0 Å². The third-order valence-corrected chi connectivity index (χ3v) is 3.46. The minimum Gasteiger partial charge on any atom is -0.369 e. The molecule has 1 atom stereocenters. The highest BCUT2D eigenvalue weighted by Gasteiger charge is 2.12. The molecule has 1 unspecified atom stereocenters. The summed E-state index contributed by atoms with van der Waals surface area (Å²) < 4.78 is 0. The molecule has 0 bridgehead atoms. The first-order valence-corrected chi connectivity index (χ1v) is 6.30. The lowest BCUT2D eigenvalue weighted by Gasteiger charge is -2.19. The van der Waals surface area contributed by atoms with Crippen molar-refractivity contribution >= 4 is 5.91 Å². The summed E-state index contributed by atoms with van der Waals surface area (Å²) in [7, 11) is 0. The number of rotatable bonds is 4. The van der Waals surface area contributed by atoms with Gasteiger partial charge in [0.1, 0.15) is 0 Å². The van der Waals surface area contributed by atoms with Gasteiger partial charge >= 0.3 is 0 Å². The summed E-state index contributed by atoms with van der Waals surface area (Å²) in [5.41, 5.74) is 9.33. The van der Waals surface area contributed by atoms with Gasteiger partial charge in [0, 0.05) is 6.04 Å². The Morgan fingerprint density at radius 1 is 1.35 bits per heavy atom. The Balaban J connectivity index is 2.08. The largest absolute Gasteiger partial charge is 0.369 e. The second-order valence-electron chi connectivity index (χ2n) is 4.80. The highest BCUT2D eigenvalue weighted by molar-refractivity contribution is 5.75. The van der Waals surface area contributed by atoms with Crippen LogP contribution in [0.1, 0.15) is 42.5 Å². The molecule has 1 amide bonds. The minimum absolute atomic E-state index is 0.176. The van der Waals surface area contributed by atoms with Crippen LogP contribution in [-0.2, 0) is 17.6 Å². The third-order valence-electron chi connectivity index (χ3n) is 3.46. The molecule has 0 aromatic heterocycles. The standard InChI is InChI=1S/C14H20N2O/c1-10(16-9-14(15)17)12-7-6-11-4-2-3-5-13(11)8-12/h6-8,10,16H,2-5,9H2,1H3,(H2,15,17). The lowest BCUT2D eigenvalue weighted by atomic mass is 9.89. The van der Waals surface area contributed by atoms with Crippen LogP contribution in [0.4, 0.5) is 0 Å². The minimum atomic E-state index is -0.310. The van der Waals surface area contributed by atoms with Crippen molar-refractivity contribution in [1.82, 2.24) is 5.32 Å². The number of nitrogens with one attached hydrogen (secondary N) is 1. The van der Waals surface area contributed by atoms with Crippen molar-refractivity contribution in [3.63, 3.8) is 0 Å². The van der Waals surface area contributed by atoms with Crippen LogP contribution in [0.3, 0.4) is 0 Å². The summed E-state index contributed by atoms with van der Waals surface area (Å²) in [4.78, 5) is 10.7. The molecule has 17 heavy (non-hydrogen) atoms. The first kappa shape index (κ1) is 12.1. The van der Waals surface area contributed by atoms with Gasteiger partial charge in [0.25, 0.3) is 0 Å². The lowest BCUT2D eigenvalue weighted by molar-refractivity contribution is -0.117.